The van der Waals surface area contributed by atoms with Crippen molar-refractivity contribution in [3.63, 3.8) is 0 Å². The quantitative estimate of drug-likeness (QED) is 0.741. The van der Waals surface area contributed by atoms with Crippen LogP contribution in [0.15, 0.2) is 30.3 Å². The van der Waals surface area contributed by atoms with Gasteiger partial charge in [0.05, 0.1) is 0 Å². The zero-order chi connectivity index (χ0) is 16.2. The van der Waals surface area contributed by atoms with Gasteiger partial charge >= 0.3 is 0 Å². The summed E-state index contributed by atoms with van der Waals surface area (Å²) in [6, 6.07) is 10.2. The van der Waals surface area contributed by atoms with E-state index in [1.807, 2.05) is 18.2 Å². The van der Waals surface area contributed by atoms with E-state index in [4.69, 9.17) is 0 Å². The smallest absolute Gasteiger partial charge is 0.238 e. The Labute approximate surface area is 133 Å². The van der Waals surface area contributed by atoms with E-state index in [9.17, 15) is 4.79 Å². The van der Waals surface area contributed by atoms with Crippen molar-refractivity contribution in [2.45, 2.75) is 32.4 Å². The minimum Gasteiger partial charge on any atom is -0.354 e. The molecule has 0 aromatic heterocycles. The van der Waals surface area contributed by atoms with Gasteiger partial charge in [-0.3, -0.25) is 4.79 Å². The van der Waals surface area contributed by atoms with E-state index in [0.29, 0.717) is 6.54 Å². The zero-order valence-electron chi connectivity index (χ0n) is 14.0. The molecule has 5 heteroatoms. The Morgan fingerprint density at radius 1 is 1.27 bits per heavy atom. The number of nitrogens with one attached hydrogen (secondary N) is 3. The van der Waals surface area contributed by atoms with Gasteiger partial charge in [-0.1, -0.05) is 44.2 Å². The highest BCUT2D eigenvalue weighted by Gasteiger charge is 2.31. The van der Waals surface area contributed by atoms with Crippen LogP contribution < -0.4 is 16.2 Å². The molecule has 0 radical (unpaired) electrons. The number of hydrogen-bond acceptors (Lipinski definition) is 4. The van der Waals surface area contributed by atoms with Crippen LogP contribution in [0.5, 0.6) is 0 Å². The van der Waals surface area contributed by atoms with Crippen molar-refractivity contribution >= 4 is 5.91 Å². The Morgan fingerprint density at radius 3 is 2.59 bits per heavy atom. The molecule has 2 atom stereocenters. The van der Waals surface area contributed by atoms with Crippen molar-refractivity contribution in [1.82, 2.24) is 21.1 Å². The molecule has 2 rings (SSSR count). The Morgan fingerprint density at radius 2 is 1.95 bits per heavy atom. The lowest BCUT2D eigenvalue weighted by Gasteiger charge is -2.28. The molecule has 1 heterocycles. The van der Waals surface area contributed by atoms with Gasteiger partial charge in [0.2, 0.25) is 5.91 Å². The number of benzene rings is 1. The molecule has 1 saturated heterocycles. The van der Waals surface area contributed by atoms with Crippen LogP contribution in [0, 0.1) is 5.41 Å². The van der Waals surface area contributed by atoms with Gasteiger partial charge in [0.15, 0.2) is 0 Å². The molecule has 0 bridgehead atoms. The van der Waals surface area contributed by atoms with E-state index in [2.05, 4.69) is 61.1 Å². The van der Waals surface area contributed by atoms with Crippen LogP contribution in [-0.4, -0.2) is 44.0 Å². The van der Waals surface area contributed by atoms with Crippen LogP contribution in [0.2, 0.25) is 0 Å². The van der Waals surface area contributed by atoms with Gasteiger partial charge in [0.1, 0.15) is 6.04 Å². The number of hydrazine groups is 1. The maximum atomic E-state index is 12.3. The zero-order valence-corrected chi connectivity index (χ0v) is 14.0. The van der Waals surface area contributed by atoms with E-state index < -0.39 is 0 Å². The van der Waals surface area contributed by atoms with E-state index in [-0.39, 0.29) is 23.4 Å². The summed E-state index contributed by atoms with van der Waals surface area (Å²) in [5, 5.41) is 3.07. The van der Waals surface area contributed by atoms with Crippen LogP contribution in [0.4, 0.5) is 0 Å². The maximum absolute atomic E-state index is 12.3. The van der Waals surface area contributed by atoms with Crippen molar-refractivity contribution in [2.24, 2.45) is 5.41 Å². The number of carbonyl (C=O) groups excluding carboxylic acids is 1. The first-order valence-electron chi connectivity index (χ1n) is 7.86. The predicted molar refractivity (Wildman–Crippen MR) is 89.2 cm³/mol. The molecule has 2 unspecified atom stereocenters. The number of nitrogens with zero attached hydrogens (tertiary/aromatic N) is 1. The molecule has 0 saturated carbocycles. The van der Waals surface area contributed by atoms with Gasteiger partial charge < -0.3 is 10.2 Å². The second-order valence-corrected chi connectivity index (χ2v) is 7.16. The monoisotopic (exact) mass is 304 g/mol. The first-order valence-corrected chi connectivity index (χ1v) is 7.86. The predicted octanol–water partition coefficient (Wildman–Crippen LogP) is 1.30. The van der Waals surface area contributed by atoms with E-state index >= 15 is 0 Å². The van der Waals surface area contributed by atoms with Crippen LogP contribution in [0.25, 0.3) is 0 Å². The highest BCUT2D eigenvalue weighted by Crippen LogP contribution is 2.22. The van der Waals surface area contributed by atoms with Crippen LogP contribution in [0.3, 0.4) is 0 Å². The third-order valence-corrected chi connectivity index (χ3v) is 3.91. The minimum atomic E-state index is -0.180. The second kappa shape index (κ2) is 7.22. The van der Waals surface area contributed by atoms with E-state index in [1.165, 1.54) is 5.56 Å². The first kappa shape index (κ1) is 16.9. The van der Waals surface area contributed by atoms with Crippen LogP contribution >= 0.6 is 0 Å². The molecule has 1 fully saturated rings. The van der Waals surface area contributed by atoms with Crippen molar-refractivity contribution in [1.29, 1.82) is 0 Å². The SMILES string of the molecule is CN(C)CC(C)(C)CNC(=O)C1CC(c2ccccc2)NN1. The van der Waals surface area contributed by atoms with Gasteiger partial charge in [0, 0.05) is 19.1 Å². The molecule has 22 heavy (non-hydrogen) atoms. The average Bonchev–Trinajstić information content (AvgIpc) is 2.94. The molecule has 122 valence electrons. The van der Waals surface area contributed by atoms with Gasteiger partial charge in [0.25, 0.3) is 0 Å². The number of carbonyl (C=O) groups is 1. The van der Waals surface area contributed by atoms with Gasteiger partial charge in [-0.05, 0) is 31.5 Å². The topological polar surface area (TPSA) is 56.4 Å². The Kier molecular flexibility index (Phi) is 5.56. The first-order chi connectivity index (χ1) is 10.4. The summed E-state index contributed by atoms with van der Waals surface area (Å²) < 4.78 is 0. The summed E-state index contributed by atoms with van der Waals surface area (Å²) in [5.41, 5.74) is 7.59. The molecule has 0 spiro atoms. The lowest BCUT2D eigenvalue weighted by Crippen LogP contribution is -2.47. The second-order valence-electron chi connectivity index (χ2n) is 7.16. The molecule has 5 nitrogen and oxygen atoms in total. The van der Waals surface area contributed by atoms with Crippen LogP contribution in [0.1, 0.15) is 31.9 Å². The van der Waals surface area contributed by atoms with Gasteiger partial charge in [-0.25, -0.2) is 10.9 Å². The fraction of sp³-hybridized carbons (Fsp3) is 0.588. The number of amides is 1. The summed E-state index contributed by atoms with van der Waals surface area (Å²) >= 11 is 0. The van der Waals surface area contributed by atoms with Crippen molar-refractivity contribution in [3.05, 3.63) is 35.9 Å². The Balaban J connectivity index is 1.82. The summed E-state index contributed by atoms with van der Waals surface area (Å²) in [6.45, 7) is 5.95. The summed E-state index contributed by atoms with van der Waals surface area (Å²) in [7, 11) is 4.10. The Hall–Kier alpha value is -1.43. The molecule has 1 aromatic carbocycles. The summed E-state index contributed by atoms with van der Waals surface area (Å²) in [6.07, 6.45) is 0.768. The average molecular weight is 304 g/mol. The molecule has 0 aliphatic carbocycles. The third kappa shape index (κ3) is 4.80. The normalized spacial score (nSPS) is 22.0. The van der Waals surface area contributed by atoms with E-state index in [0.717, 1.165) is 13.0 Å². The molecule has 1 aliphatic heterocycles. The molecule has 1 aromatic rings. The van der Waals surface area contributed by atoms with Gasteiger partial charge in [-0.15, -0.1) is 0 Å². The van der Waals surface area contributed by atoms with Crippen molar-refractivity contribution in [2.75, 3.05) is 27.2 Å². The number of rotatable bonds is 6. The van der Waals surface area contributed by atoms with Gasteiger partial charge in [-0.2, -0.15) is 0 Å². The Bertz CT molecular complexity index is 487. The molecule has 3 N–H and O–H groups in total. The molecule has 1 amide bonds. The lowest BCUT2D eigenvalue weighted by molar-refractivity contribution is -0.123. The fourth-order valence-electron chi connectivity index (χ4n) is 2.99. The van der Waals surface area contributed by atoms with Crippen molar-refractivity contribution < 1.29 is 4.79 Å². The largest absolute Gasteiger partial charge is 0.354 e. The molecule has 1 aliphatic rings. The van der Waals surface area contributed by atoms with Crippen LogP contribution in [-0.2, 0) is 4.79 Å². The minimum absolute atomic E-state index is 0.0595. The molecular weight excluding hydrogens is 276 g/mol. The van der Waals surface area contributed by atoms with Crippen molar-refractivity contribution in [3.8, 4) is 0 Å². The summed E-state index contributed by atoms with van der Waals surface area (Å²) in [4.78, 5) is 14.5. The maximum Gasteiger partial charge on any atom is 0.238 e. The highest BCUT2D eigenvalue weighted by atomic mass is 16.2. The number of hydrogen-bond donors (Lipinski definition) is 3. The molecular formula is C17H28N4O. The lowest BCUT2D eigenvalue weighted by atomic mass is 9.92. The third-order valence-electron chi connectivity index (χ3n) is 3.91. The standard InChI is InChI=1S/C17H28N4O/c1-17(2,12-21(3)4)11-18-16(22)15-10-14(19-20-15)13-8-6-5-7-9-13/h5-9,14-15,19-20H,10-12H2,1-4H3,(H,18,22). The van der Waals surface area contributed by atoms with E-state index in [1.54, 1.807) is 0 Å². The summed E-state index contributed by atoms with van der Waals surface area (Å²) in [5.74, 6) is 0.0674. The fourth-order valence-corrected chi connectivity index (χ4v) is 2.99. The highest BCUT2D eigenvalue weighted by molar-refractivity contribution is 5.82.